The summed E-state index contributed by atoms with van der Waals surface area (Å²) in [6.07, 6.45) is 1.05. The van der Waals surface area contributed by atoms with Crippen LogP contribution in [-0.2, 0) is 6.42 Å². The van der Waals surface area contributed by atoms with Crippen LogP contribution in [0, 0.1) is 6.92 Å². The third-order valence-electron chi connectivity index (χ3n) is 3.69. The average Bonchev–Trinajstić information content (AvgIpc) is 2.55. The molecular weight excluding hydrogens is 254 g/mol. The van der Waals surface area contributed by atoms with Crippen molar-refractivity contribution < 1.29 is 0 Å². The Balaban J connectivity index is 2.03. The number of rotatable bonds is 3. The highest BCUT2D eigenvalue weighted by Crippen LogP contribution is 2.24. The lowest BCUT2D eigenvalue weighted by Gasteiger charge is -2.07. The molecule has 0 spiro atoms. The summed E-state index contributed by atoms with van der Waals surface area (Å²) >= 11 is 0. The highest BCUT2D eigenvalue weighted by atomic mass is 14.7. The van der Waals surface area contributed by atoms with Crippen molar-refractivity contribution in [1.82, 2.24) is 4.98 Å². The maximum Gasteiger partial charge on any atom is 0.0709 e. The van der Waals surface area contributed by atoms with E-state index in [1.54, 1.807) is 0 Å². The molecule has 0 radical (unpaired) electrons. The molecule has 0 fully saturated rings. The van der Waals surface area contributed by atoms with Gasteiger partial charge >= 0.3 is 0 Å². The molecular formula is C20H19N. The first-order valence-electron chi connectivity index (χ1n) is 7.39. The zero-order valence-electron chi connectivity index (χ0n) is 12.5. The molecule has 0 aliphatic rings. The number of pyridine rings is 1. The van der Waals surface area contributed by atoms with Crippen LogP contribution in [0.1, 0.15) is 18.1 Å². The van der Waals surface area contributed by atoms with E-state index in [0.717, 1.165) is 17.8 Å². The lowest BCUT2D eigenvalue weighted by molar-refractivity contribution is 1.14. The van der Waals surface area contributed by atoms with Gasteiger partial charge in [0.15, 0.2) is 0 Å². The second kappa shape index (κ2) is 5.92. The van der Waals surface area contributed by atoms with Crippen molar-refractivity contribution in [1.29, 1.82) is 0 Å². The van der Waals surface area contributed by atoms with E-state index in [9.17, 15) is 0 Å². The minimum Gasteiger partial charge on any atom is -0.248 e. The predicted molar refractivity (Wildman–Crippen MR) is 89.2 cm³/mol. The number of hydrogen-bond acceptors (Lipinski definition) is 1. The van der Waals surface area contributed by atoms with Gasteiger partial charge in [0.2, 0.25) is 0 Å². The third kappa shape index (κ3) is 3.03. The second-order valence-corrected chi connectivity index (χ2v) is 5.33. The van der Waals surface area contributed by atoms with Crippen LogP contribution in [0.15, 0.2) is 66.7 Å². The fourth-order valence-corrected chi connectivity index (χ4v) is 2.51. The molecule has 0 saturated heterocycles. The first-order valence-corrected chi connectivity index (χ1v) is 7.39. The van der Waals surface area contributed by atoms with Gasteiger partial charge in [0.25, 0.3) is 0 Å². The van der Waals surface area contributed by atoms with E-state index >= 15 is 0 Å². The lowest BCUT2D eigenvalue weighted by atomic mass is 10.0. The summed E-state index contributed by atoms with van der Waals surface area (Å²) in [6.45, 7) is 4.29. The van der Waals surface area contributed by atoms with Gasteiger partial charge in [-0.15, -0.1) is 0 Å². The molecule has 0 aliphatic carbocycles. The highest BCUT2D eigenvalue weighted by Gasteiger charge is 2.04. The highest BCUT2D eigenvalue weighted by molar-refractivity contribution is 5.66. The van der Waals surface area contributed by atoms with Crippen LogP contribution in [0.4, 0.5) is 0 Å². The predicted octanol–water partition coefficient (Wildman–Crippen LogP) is 5.29. The van der Waals surface area contributed by atoms with E-state index in [2.05, 4.69) is 80.6 Å². The van der Waals surface area contributed by atoms with Crippen LogP contribution in [0.5, 0.6) is 0 Å². The van der Waals surface area contributed by atoms with E-state index in [1.807, 2.05) is 0 Å². The van der Waals surface area contributed by atoms with E-state index in [1.165, 1.54) is 22.3 Å². The van der Waals surface area contributed by atoms with Crippen LogP contribution in [0.3, 0.4) is 0 Å². The molecule has 2 aromatic carbocycles. The molecule has 3 aromatic rings. The summed E-state index contributed by atoms with van der Waals surface area (Å²) in [5, 5.41) is 0. The molecule has 0 atom stereocenters. The molecule has 0 saturated carbocycles. The Labute approximate surface area is 126 Å². The smallest absolute Gasteiger partial charge is 0.0709 e. The minimum atomic E-state index is 1.03. The topological polar surface area (TPSA) is 12.9 Å². The van der Waals surface area contributed by atoms with Crippen LogP contribution in [0.25, 0.3) is 22.5 Å². The summed E-state index contributed by atoms with van der Waals surface area (Å²) in [6, 6.07) is 23.3. The molecule has 0 bridgehead atoms. The molecule has 3 rings (SSSR count). The van der Waals surface area contributed by atoms with Gasteiger partial charge in [-0.3, -0.25) is 0 Å². The van der Waals surface area contributed by atoms with E-state index in [4.69, 9.17) is 4.98 Å². The number of aromatic nitrogens is 1. The molecule has 0 N–H and O–H groups in total. The van der Waals surface area contributed by atoms with Gasteiger partial charge in [-0.25, -0.2) is 4.98 Å². The summed E-state index contributed by atoms with van der Waals surface area (Å²) in [5.41, 5.74) is 7.01. The van der Waals surface area contributed by atoms with Gasteiger partial charge in [-0.2, -0.15) is 0 Å². The van der Waals surface area contributed by atoms with Crippen molar-refractivity contribution in [3.63, 3.8) is 0 Å². The largest absolute Gasteiger partial charge is 0.248 e. The Morgan fingerprint density at radius 2 is 1.38 bits per heavy atom. The Bertz CT molecular complexity index is 759. The fourth-order valence-electron chi connectivity index (χ4n) is 2.51. The lowest BCUT2D eigenvalue weighted by Crippen LogP contribution is -1.89. The Morgan fingerprint density at radius 1 is 0.762 bits per heavy atom. The SMILES string of the molecule is CCc1cccc(-c2cccc(-c3cccc(C)c3)n2)c1. The molecule has 1 aromatic heterocycles. The molecule has 0 unspecified atom stereocenters. The van der Waals surface area contributed by atoms with Gasteiger partial charge in [0, 0.05) is 11.1 Å². The monoisotopic (exact) mass is 273 g/mol. The normalized spacial score (nSPS) is 10.6. The van der Waals surface area contributed by atoms with Gasteiger partial charge in [0.05, 0.1) is 11.4 Å². The standard InChI is InChI=1S/C20H19N/c1-3-16-8-5-10-18(14-16)20-12-6-11-19(21-20)17-9-4-7-15(2)13-17/h4-14H,3H2,1-2H3. The number of benzene rings is 2. The minimum absolute atomic E-state index is 1.03. The van der Waals surface area contributed by atoms with E-state index < -0.39 is 0 Å². The molecule has 0 aliphatic heterocycles. The fraction of sp³-hybridized carbons (Fsp3) is 0.150. The van der Waals surface area contributed by atoms with Crippen molar-refractivity contribution >= 4 is 0 Å². The van der Waals surface area contributed by atoms with Crippen molar-refractivity contribution in [2.24, 2.45) is 0 Å². The molecule has 104 valence electrons. The average molecular weight is 273 g/mol. The van der Waals surface area contributed by atoms with E-state index in [0.29, 0.717) is 0 Å². The van der Waals surface area contributed by atoms with Gasteiger partial charge in [-0.1, -0.05) is 55.0 Å². The van der Waals surface area contributed by atoms with Gasteiger partial charge in [-0.05, 0) is 43.2 Å². The maximum atomic E-state index is 4.83. The number of hydrogen-bond donors (Lipinski definition) is 0. The Hall–Kier alpha value is -2.41. The third-order valence-corrected chi connectivity index (χ3v) is 3.69. The quantitative estimate of drug-likeness (QED) is 0.632. The van der Waals surface area contributed by atoms with Crippen LogP contribution >= 0.6 is 0 Å². The second-order valence-electron chi connectivity index (χ2n) is 5.33. The zero-order chi connectivity index (χ0) is 14.7. The van der Waals surface area contributed by atoms with Crippen LogP contribution in [0.2, 0.25) is 0 Å². The summed E-state index contributed by atoms with van der Waals surface area (Å²) < 4.78 is 0. The summed E-state index contributed by atoms with van der Waals surface area (Å²) in [7, 11) is 0. The Kier molecular flexibility index (Phi) is 3.83. The number of aryl methyl sites for hydroxylation is 2. The molecule has 1 heteroatoms. The van der Waals surface area contributed by atoms with Crippen molar-refractivity contribution in [3.05, 3.63) is 77.9 Å². The molecule has 0 amide bonds. The first kappa shape index (κ1) is 13.6. The van der Waals surface area contributed by atoms with Crippen LogP contribution < -0.4 is 0 Å². The van der Waals surface area contributed by atoms with Crippen molar-refractivity contribution in [3.8, 4) is 22.5 Å². The maximum absolute atomic E-state index is 4.83. The summed E-state index contributed by atoms with van der Waals surface area (Å²) in [5.74, 6) is 0. The van der Waals surface area contributed by atoms with E-state index in [-0.39, 0.29) is 0 Å². The molecule has 1 nitrogen and oxygen atoms in total. The van der Waals surface area contributed by atoms with Gasteiger partial charge in [0.1, 0.15) is 0 Å². The Morgan fingerprint density at radius 3 is 2.05 bits per heavy atom. The zero-order valence-corrected chi connectivity index (χ0v) is 12.5. The number of nitrogens with zero attached hydrogens (tertiary/aromatic N) is 1. The molecule has 21 heavy (non-hydrogen) atoms. The van der Waals surface area contributed by atoms with Gasteiger partial charge < -0.3 is 0 Å². The molecule has 1 heterocycles. The van der Waals surface area contributed by atoms with Crippen molar-refractivity contribution in [2.45, 2.75) is 20.3 Å². The van der Waals surface area contributed by atoms with Crippen molar-refractivity contribution in [2.75, 3.05) is 0 Å². The summed E-state index contributed by atoms with van der Waals surface area (Å²) in [4.78, 5) is 4.83. The van der Waals surface area contributed by atoms with Crippen LogP contribution in [-0.4, -0.2) is 4.98 Å². The first-order chi connectivity index (χ1) is 10.3.